The van der Waals surface area contributed by atoms with Gasteiger partial charge in [0, 0.05) is 6.04 Å². The predicted octanol–water partition coefficient (Wildman–Crippen LogP) is 2.65. The normalized spacial score (nSPS) is 12.7. The molecule has 0 saturated heterocycles. The van der Waals surface area contributed by atoms with E-state index in [9.17, 15) is 4.39 Å². The summed E-state index contributed by atoms with van der Waals surface area (Å²) in [4.78, 5) is 0. The van der Waals surface area contributed by atoms with Crippen LogP contribution < -0.4 is 5.32 Å². The Morgan fingerprint density at radius 1 is 1.37 bits per heavy atom. The lowest BCUT2D eigenvalue weighted by Gasteiger charge is -2.22. The quantitative estimate of drug-likeness (QED) is 0.901. The first kappa shape index (κ1) is 13.5. The van der Waals surface area contributed by atoms with E-state index in [1.165, 1.54) is 17.1 Å². The van der Waals surface area contributed by atoms with Gasteiger partial charge in [0.2, 0.25) is 0 Å². The molecule has 0 saturated carbocycles. The van der Waals surface area contributed by atoms with Crippen LogP contribution in [0.2, 0.25) is 0 Å². The van der Waals surface area contributed by atoms with Gasteiger partial charge in [-0.15, -0.1) is 5.10 Å². The van der Waals surface area contributed by atoms with Crippen molar-refractivity contribution in [2.24, 2.45) is 5.92 Å². The first-order chi connectivity index (χ1) is 9.11. The van der Waals surface area contributed by atoms with E-state index in [1.807, 2.05) is 0 Å². The summed E-state index contributed by atoms with van der Waals surface area (Å²) in [6.07, 6.45) is 2.42. The van der Waals surface area contributed by atoms with E-state index in [0.717, 1.165) is 12.1 Å². The summed E-state index contributed by atoms with van der Waals surface area (Å²) in [7, 11) is 0. The highest BCUT2D eigenvalue weighted by Gasteiger charge is 2.13. The zero-order valence-corrected chi connectivity index (χ0v) is 11.3. The van der Waals surface area contributed by atoms with Gasteiger partial charge in [-0.3, -0.25) is 0 Å². The number of hydrogen-bond acceptors (Lipinski definition) is 4. The largest absolute Gasteiger partial charge is 0.380 e. The first-order valence-corrected chi connectivity index (χ1v) is 6.41. The molecule has 102 valence electrons. The molecule has 19 heavy (non-hydrogen) atoms. The minimum atomic E-state index is -0.268. The third-order valence-electron chi connectivity index (χ3n) is 3.15. The monoisotopic (exact) mass is 263 g/mol. The molecule has 0 radical (unpaired) electrons. The summed E-state index contributed by atoms with van der Waals surface area (Å²) in [5, 5.41) is 14.2. The Morgan fingerprint density at radius 2 is 2.16 bits per heavy atom. The van der Waals surface area contributed by atoms with Gasteiger partial charge in [0.05, 0.1) is 11.4 Å². The molecular formula is C13H18FN5. The number of nitrogens with zero attached hydrogens (tertiary/aromatic N) is 4. The molecule has 1 unspecified atom stereocenters. The van der Waals surface area contributed by atoms with Crippen molar-refractivity contribution in [1.29, 1.82) is 0 Å². The van der Waals surface area contributed by atoms with Crippen LogP contribution >= 0.6 is 0 Å². The van der Waals surface area contributed by atoms with Crippen molar-refractivity contribution in [3.05, 3.63) is 30.3 Å². The van der Waals surface area contributed by atoms with Crippen LogP contribution in [0.4, 0.5) is 10.1 Å². The lowest BCUT2D eigenvalue weighted by molar-refractivity contribution is 0.507. The number of hydrogen-bond donors (Lipinski definition) is 1. The van der Waals surface area contributed by atoms with Gasteiger partial charge in [0.25, 0.3) is 0 Å². The van der Waals surface area contributed by atoms with Crippen LogP contribution in [-0.2, 0) is 0 Å². The van der Waals surface area contributed by atoms with Gasteiger partial charge in [0.1, 0.15) is 12.1 Å². The fourth-order valence-electron chi connectivity index (χ4n) is 1.99. The molecule has 0 fully saturated rings. The molecule has 0 aliphatic rings. The predicted molar refractivity (Wildman–Crippen MR) is 71.7 cm³/mol. The van der Waals surface area contributed by atoms with E-state index < -0.39 is 0 Å². The smallest absolute Gasteiger partial charge is 0.146 e. The summed E-state index contributed by atoms with van der Waals surface area (Å²) in [6, 6.07) is 5.02. The molecule has 0 spiro atoms. The Kier molecular flexibility index (Phi) is 4.09. The Hall–Kier alpha value is -1.98. The maximum atomic E-state index is 13.8. The molecule has 5 nitrogen and oxygen atoms in total. The van der Waals surface area contributed by atoms with Crippen LogP contribution in [0.1, 0.15) is 27.2 Å². The van der Waals surface area contributed by atoms with E-state index in [-0.39, 0.29) is 11.9 Å². The fourth-order valence-corrected chi connectivity index (χ4v) is 1.99. The highest BCUT2D eigenvalue weighted by Crippen LogP contribution is 2.21. The van der Waals surface area contributed by atoms with E-state index >= 15 is 0 Å². The molecular weight excluding hydrogens is 245 g/mol. The van der Waals surface area contributed by atoms with Crippen molar-refractivity contribution in [2.45, 2.75) is 33.2 Å². The third-order valence-corrected chi connectivity index (χ3v) is 3.15. The second-order valence-corrected chi connectivity index (χ2v) is 4.82. The van der Waals surface area contributed by atoms with Gasteiger partial charge < -0.3 is 5.32 Å². The average molecular weight is 263 g/mol. The van der Waals surface area contributed by atoms with Crippen LogP contribution in [0, 0.1) is 11.7 Å². The average Bonchev–Trinajstić information content (AvgIpc) is 2.91. The summed E-state index contributed by atoms with van der Waals surface area (Å²) < 4.78 is 15.3. The highest BCUT2D eigenvalue weighted by atomic mass is 19.1. The van der Waals surface area contributed by atoms with Crippen molar-refractivity contribution in [1.82, 2.24) is 20.2 Å². The van der Waals surface area contributed by atoms with Gasteiger partial charge in [-0.05, 0) is 41.0 Å². The topological polar surface area (TPSA) is 55.6 Å². The summed E-state index contributed by atoms with van der Waals surface area (Å²) in [6.45, 7) is 6.31. The van der Waals surface area contributed by atoms with Gasteiger partial charge in [-0.2, -0.15) is 0 Å². The first-order valence-electron chi connectivity index (χ1n) is 6.41. The standard InChI is InChI=1S/C13H18FN5/c1-4-12(9(2)3)16-13-7-10(5-6-11(13)14)19-8-15-17-18-19/h5-9,12,16H,4H2,1-3H3. The van der Waals surface area contributed by atoms with E-state index in [2.05, 4.69) is 41.6 Å². The number of aromatic nitrogens is 4. The number of tetrazole rings is 1. The molecule has 0 bridgehead atoms. The minimum Gasteiger partial charge on any atom is -0.380 e. The Labute approximate surface area is 111 Å². The number of halogens is 1. The van der Waals surface area contributed by atoms with Gasteiger partial charge >= 0.3 is 0 Å². The van der Waals surface area contributed by atoms with Crippen molar-refractivity contribution in [3.63, 3.8) is 0 Å². The maximum Gasteiger partial charge on any atom is 0.146 e. The number of nitrogens with one attached hydrogen (secondary N) is 1. The van der Waals surface area contributed by atoms with Crippen LogP contribution in [-0.4, -0.2) is 26.2 Å². The maximum absolute atomic E-state index is 13.8. The molecule has 0 amide bonds. The van der Waals surface area contributed by atoms with Crippen LogP contribution in [0.15, 0.2) is 24.5 Å². The molecule has 6 heteroatoms. The van der Waals surface area contributed by atoms with E-state index in [1.54, 1.807) is 12.1 Å². The molecule has 1 heterocycles. The van der Waals surface area contributed by atoms with Crippen LogP contribution in [0.3, 0.4) is 0 Å². The lowest BCUT2D eigenvalue weighted by Crippen LogP contribution is -2.25. The lowest BCUT2D eigenvalue weighted by atomic mass is 10.0. The molecule has 2 rings (SSSR count). The summed E-state index contributed by atoms with van der Waals surface area (Å²) in [5.74, 6) is 0.164. The van der Waals surface area contributed by atoms with Crippen molar-refractivity contribution >= 4 is 5.69 Å². The molecule has 0 aliphatic heterocycles. The van der Waals surface area contributed by atoms with Crippen molar-refractivity contribution < 1.29 is 4.39 Å². The number of rotatable bonds is 5. The number of anilines is 1. The number of benzene rings is 1. The summed E-state index contributed by atoms with van der Waals surface area (Å²) in [5.41, 5.74) is 1.21. The highest BCUT2D eigenvalue weighted by molar-refractivity contribution is 5.52. The fraction of sp³-hybridized carbons (Fsp3) is 0.462. The second kappa shape index (κ2) is 5.77. The van der Waals surface area contributed by atoms with Gasteiger partial charge in [-0.1, -0.05) is 20.8 Å². The van der Waals surface area contributed by atoms with Gasteiger partial charge in [-0.25, -0.2) is 9.07 Å². The minimum absolute atomic E-state index is 0.235. The van der Waals surface area contributed by atoms with Crippen molar-refractivity contribution in [3.8, 4) is 5.69 Å². The molecule has 1 aromatic heterocycles. The Bertz CT molecular complexity index is 524. The van der Waals surface area contributed by atoms with E-state index in [4.69, 9.17) is 0 Å². The molecule has 0 aliphatic carbocycles. The second-order valence-electron chi connectivity index (χ2n) is 4.82. The van der Waals surface area contributed by atoms with E-state index in [0.29, 0.717) is 11.6 Å². The zero-order chi connectivity index (χ0) is 13.8. The Morgan fingerprint density at radius 3 is 2.74 bits per heavy atom. The van der Waals surface area contributed by atoms with Crippen LogP contribution in [0.5, 0.6) is 0 Å². The molecule has 1 N–H and O–H groups in total. The third kappa shape index (κ3) is 3.07. The van der Waals surface area contributed by atoms with Gasteiger partial charge in [0.15, 0.2) is 0 Å². The Balaban J connectivity index is 2.27. The zero-order valence-electron chi connectivity index (χ0n) is 11.3. The molecule has 1 aromatic carbocycles. The molecule has 2 aromatic rings. The summed E-state index contributed by atoms with van der Waals surface area (Å²) >= 11 is 0. The van der Waals surface area contributed by atoms with Crippen LogP contribution in [0.25, 0.3) is 5.69 Å². The molecule has 1 atom stereocenters. The SMILES string of the molecule is CCC(Nc1cc(-n2cnnn2)ccc1F)C(C)C. The van der Waals surface area contributed by atoms with Crippen molar-refractivity contribution in [2.75, 3.05) is 5.32 Å².